The molecule has 0 amide bonds. The number of benzene rings is 1. The second-order valence-electron chi connectivity index (χ2n) is 9.19. The van der Waals surface area contributed by atoms with Crippen LogP contribution >= 0.6 is 12.2 Å². The monoisotopic (exact) mass is 460 g/mol. The molecule has 1 saturated carbocycles. The summed E-state index contributed by atoms with van der Waals surface area (Å²) >= 11 is 5.90. The van der Waals surface area contributed by atoms with Crippen LogP contribution < -0.4 is 15.0 Å². The number of rotatable bonds is 5. The van der Waals surface area contributed by atoms with Crippen molar-refractivity contribution in [3.8, 4) is 5.75 Å². The van der Waals surface area contributed by atoms with E-state index in [9.17, 15) is 0 Å². The fraction of sp³-hybridized carbons (Fsp3) is 0.407. The van der Waals surface area contributed by atoms with Crippen molar-refractivity contribution < 1.29 is 4.74 Å². The Morgan fingerprint density at radius 2 is 1.85 bits per heavy atom. The van der Waals surface area contributed by atoms with E-state index in [1.54, 1.807) is 7.11 Å². The van der Waals surface area contributed by atoms with Gasteiger partial charge in [-0.2, -0.15) is 0 Å². The van der Waals surface area contributed by atoms with Crippen LogP contribution in [0.3, 0.4) is 0 Å². The van der Waals surface area contributed by atoms with Crippen molar-refractivity contribution in [2.75, 3.05) is 12.0 Å². The topological polar surface area (TPSA) is 42.3 Å². The van der Waals surface area contributed by atoms with Crippen LogP contribution in [0.25, 0.3) is 0 Å². The molecule has 172 valence electrons. The molecule has 33 heavy (non-hydrogen) atoms. The molecule has 5 rings (SSSR count). The van der Waals surface area contributed by atoms with Gasteiger partial charge in [-0.15, -0.1) is 0 Å². The molecule has 5 nitrogen and oxygen atoms in total. The van der Waals surface area contributed by atoms with Gasteiger partial charge in [0.15, 0.2) is 5.11 Å². The third-order valence-corrected chi connectivity index (χ3v) is 7.53. The van der Waals surface area contributed by atoms with Gasteiger partial charge in [0.1, 0.15) is 5.75 Å². The number of ether oxygens (including phenoxy) is 1. The maximum Gasteiger partial charge on any atom is 0.174 e. The highest BCUT2D eigenvalue weighted by Crippen LogP contribution is 2.45. The van der Waals surface area contributed by atoms with Crippen LogP contribution in [0, 0.1) is 13.8 Å². The molecule has 2 fully saturated rings. The summed E-state index contributed by atoms with van der Waals surface area (Å²) < 4.78 is 8.10. The van der Waals surface area contributed by atoms with Crippen molar-refractivity contribution in [3.05, 3.63) is 77.4 Å². The number of pyridine rings is 1. The summed E-state index contributed by atoms with van der Waals surface area (Å²) in [7, 11) is 1.70. The van der Waals surface area contributed by atoms with Gasteiger partial charge in [-0.3, -0.25) is 4.98 Å². The number of methoxy groups -OCH3 is 1. The smallest absolute Gasteiger partial charge is 0.174 e. The van der Waals surface area contributed by atoms with Crippen molar-refractivity contribution in [2.24, 2.45) is 0 Å². The quantitative estimate of drug-likeness (QED) is 0.460. The summed E-state index contributed by atoms with van der Waals surface area (Å²) in [5, 5.41) is 4.30. The first kappa shape index (κ1) is 22.0. The first-order chi connectivity index (χ1) is 16.1. The Morgan fingerprint density at radius 3 is 2.58 bits per heavy atom. The number of aryl methyl sites for hydroxylation is 1. The zero-order valence-corrected chi connectivity index (χ0v) is 20.4. The molecule has 1 aliphatic carbocycles. The lowest BCUT2D eigenvalue weighted by atomic mass is 9.94. The minimum atomic E-state index is -0.0368. The van der Waals surface area contributed by atoms with E-state index in [0.717, 1.165) is 17.1 Å². The fourth-order valence-corrected chi connectivity index (χ4v) is 6.06. The third kappa shape index (κ3) is 4.01. The summed E-state index contributed by atoms with van der Waals surface area (Å²) in [6, 6.07) is 17.2. The predicted octanol–water partition coefficient (Wildman–Crippen LogP) is 6.19. The Kier molecular flexibility index (Phi) is 6.11. The number of anilines is 1. The van der Waals surface area contributed by atoms with E-state index in [1.165, 1.54) is 49.1 Å². The minimum Gasteiger partial charge on any atom is -0.497 e. The lowest BCUT2D eigenvalue weighted by Gasteiger charge is -2.30. The number of nitrogens with zero attached hydrogens (tertiary/aromatic N) is 3. The molecule has 0 bridgehead atoms. The SMILES string of the molecule is COc1cccc(N2C(=S)N[C@@H](c3ccccn3)[C@@H]2c2cc(C)n(C3CCCCC3)c2C)c1. The lowest BCUT2D eigenvalue weighted by Crippen LogP contribution is -2.29. The van der Waals surface area contributed by atoms with Crippen molar-refractivity contribution >= 4 is 23.0 Å². The normalized spacial score (nSPS) is 21.3. The van der Waals surface area contributed by atoms with Crippen LogP contribution in [0.2, 0.25) is 0 Å². The molecular formula is C27H32N4OS. The number of nitrogens with one attached hydrogen (secondary N) is 1. The summed E-state index contributed by atoms with van der Waals surface area (Å²) in [6.07, 6.45) is 8.38. The van der Waals surface area contributed by atoms with Crippen LogP contribution in [0.1, 0.15) is 72.9 Å². The van der Waals surface area contributed by atoms with Gasteiger partial charge in [-0.1, -0.05) is 31.4 Å². The van der Waals surface area contributed by atoms with Crippen LogP contribution in [0.15, 0.2) is 54.7 Å². The Labute approximate surface area is 201 Å². The molecule has 3 aromatic rings. The molecule has 1 aromatic carbocycles. The highest BCUT2D eigenvalue weighted by molar-refractivity contribution is 7.80. The molecule has 3 heterocycles. The maximum atomic E-state index is 5.90. The largest absolute Gasteiger partial charge is 0.497 e. The average Bonchev–Trinajstić information content (AvgIpc) is 3.35. The van der Waals surface area contributed by atoms with E-state index in [1.807, 2.05) is 30.5 Å². The molecule has 1 saturated heterocycles. The molecular weight excluding hydrogens is 428 g/mol. The highest BCUT2D eigenvalue weighted by atomic mass is 32.1. The molecule has 0 spiro atoms. The standard InChI is InChI=1S/C27H32N4OS/c1-18-16-23(19(2)30(18)20-10-5-4-6-11-20)26-25(24-14-7-8-15-28-24)29-27(33)31(26)21-12-9-13-22(17-21)32-3/h7-9,12-17,20,25-26H,4-6,10-11H2,1-3H3,(H,29,33)/t25-,26-/m0/s1. The number of hydrogen-bond donors (Lipinski definition) is 1. The second kappa shape index (κ2) is 9.18. The number of aromatic nitrogens is 2. The Morgan fingerprint density at radius 1 is 1.03 bits per heavy atom. The molecule has 0 unspecified atom stereocenters. The van der Waals surface area contributed by atoms with E-state index in [4.69, 9.17) is 21.9 Å². The first-order valence-electron chi connectivity index (χ1n) is 11.9. The van der Waals surface area contributed by atoms with Gasteiger partial charge in [0.2, 0.25) is 0 Å². The van der Waals surface area contributed by atoms with Crippen LogP contribution in [-0.4, -0.2) is 21.8 Å². The summed E-state index contributed by atoms with van der Waals surface area (Å²) in [5.41, 5.74) is 6.00. The molecule has 1 aliphatic heterocycles. The Balaban J connectivity index is 1.63. The zero-order valence-electron chi connectivity index (χ0n) is 19.6. The Bertz CT molecular complexity index is 1140. The third-order valence-electron chi connectivity index (χ3n) is 7.21. The molecule has 2 atom stereocenters. The summed E-state index contributed by atoms with van der Waals surface area (Å²) in [6.45, 7) is 4.52. The number of hydrogen-bond acceptors (Lipinski definition) is 3. The predicted molar refractivity (Wildman–Crippen MR) is 137 cm³/mol. The van der Waals surface area contributed by atoms with Gasteiger partial charge in [-0.05, 0) is 74.8 Å². The Hall–Kier alpha value is -2.86. The van der Waals surface area contributed by atoms with Crippen LogP contribution in [-0.2, 0) is 0 Å². The van der Waals surface area contributed by atoms with Crippen LogP contribution in [0.4, 0.5) is 5.69 Å². The van der Waals surface area contributed by atoms with Gasteiger partial charge in [0, 0.05) is 35.4 Å². The second-order valence-corrected chi connectivity index (χ2v) is 9.57. The molecule has 0 radical (unpaired) electrons. The first-order valence-corrected chi connectivity index (χ1v) is 12.3. The van der Waals surface area contributed by atoms with E-state index in [0.29, 0.717) is 11.2 Å². The van der Waals surface area contributed by atoms with Crippen molar-refractivity contribution in [1.82, 2.24) is 14.9 Å². The van der Waals surface area contributed by atoms with Gasteiger partial charge in [-0.25, -0.2) is 0 Å². The summed E-state index contributed by atoms with van der Waals surface area (Å²) in [5.74, 6) is 0.822. The maximum absolute atomic E-state index is 5.90. The average molecular weight is 461 g/mol. The fourth-order valence-electron chi connectivity index (χ4n) is 5.71. The van der Waals surface area contributed by atoms with Gasteiger partial charge in [0.05, 0.1) is 24.9 Å². The minimum absolute atomic E-state index is 0.00282. The van der Waals surface area contributed by atoms with Gasteiger partial charge >= 0.3 is 0 Å². The van der Waals surface area contributed by atoms with E-state index in [2.05, 4.69) is 52.9 Å². The summed E-state index contributed by atoms with van der Waals surface area (Å²) in [4.78, 5) is 6.94. The van der Waals surface area contributed by atoms with Gasteiger partial charge < -0.3 is 19.5 Å². The van der Waals surface area contributed by atoms with Crippen LogP contribution in [0.5, 0.6) is 5.75 Å². The highest BCUT2D eigenvalue weighted by Gasteiger charge is 2.42. The molecule has 2 aliphatic rings. The molecule has 2 aromatic heterocycles. The molecule has 1 N–H and O–H groups in total. The van der Waals surface area contributed by atoms with Gasteiger partial charge in [0.25, 0.3) is 0 Å². The molecule has 6 heteroatoms. The van der Waals surface area contributed by atoms with E-state index in [-0.39, 0.29) is 12.1 Å². The zero-order chi connectivity index (χ0) is 22.9. The lowest BCUT2D eigenvalue weighted by molar-refractivity contribution is 0.345. The van der Waals surface area contributed by atoms with E-state index < -0.39 is 0 Å². The van der Waals surface area contributed by atoms with Crippen molar-refractivity contribution in [3.63, 3.8) is 0 Å². The van der Waals surface area contributed by atoms with Crippen molar-refractivity contribution in [1.29, 1.82) is 0 Å². The van der Waals surface area contributed by atoms with E-state index >= 15 is 0 Å². The van der Waals surface area contributed by atoms with Crippen molar-refractivity contribution in [2.45, 2.75) is 64.1 Å². The number of thiocarbonyl (C=S) groups is 1.